The third-order valence-electron chi connectivity index (χ3n) is 3.52. The van der Waals surface area contributed by atoms with Crippen LogP contribution in [0.25, 0.3) is 0 Å². The highest BCUT2D eigenvalue weighted by Gasteiger charge is 2.25. The molecule has 112 valence electrons. The van der Waals surface area contributed by atoms with E-state index in [1.165, 1.54) is 19.3 Å². The van der Waals surface area contributed by atoms with Crippen molar-refractivity contribution in [1.29, 1.82) is 0 Å². The predicted octanol–water partition coefficient (Wildman–Crippen LogP) is 1.89. The van der Waals surface area contributed by atoms with Gasteiger partial charge in [0.05, 0.1) is 0 Å². The molecule has 1 aromatic rings. The molecule has 2 atom stereocenters. The fourth-order valence-electron chi connectivity index (χ4n) is 2.49. The van der Waals surface area contributed by atoms with E-state index in [4.69, 9.17) is 4.52 Å². The number of hydrogen-bond acceptors (Lipinski definition) is 5. The summed E-state index contributed by atoms with van der Waals surface area (Å²) in [6, 6.07) is 0.177. The van der Waals surface area contributed by atoms with Gasteiger partial charge in [0.25, 0.3) is 0 Å². The second kappa shape index (κ2) is 7.52. The lowest BCUT2D eigenvalue weighted by molar-refractivity contribution is 0.233. The van der Waals surface area contributed by atoms with Gasteiger partial charge in [-0.3, -0.25) is 0 Å². The molecule has 1 aliphatic rings. The molecule has 2 rings (SSSR count). The average Bonchev–Trinajstić information content (AvgIpc) is 2.85. The van der Waals surface area contributed by atoms with E-state index in [-0.39, 0.29) is 12.1 Å². The van der Waals surface area contributed by atoms with Gasteiger partial charge in [0.15, 0.2) is 5.82 Å². The van der Waals surface area contributed by atoms with Crippen molar-refractivity contribution in [2.75, 3.05) is 12.8 Å². The molecule has 1 heterocycles. The summed E-state index contributed by atoms with van der Waals surface area (Å²) < 4.78 is 4.99. The van der Waals surface area contributed by atoms with Crippen molar-refractivity contribution in [2.45, 2.75) is 50.3 Å². The Labute approximate surface area is 123 Å². The molecule has 7 heteroatoms. The molecule has 0 bridgehead atoms. The molecule has 0 unspecified atom stereocenters. The third-order valence-corrected chi connectivity index (χ3v) is 4.69. The van der Waals surface area contributed by atoms with Crippen LogP contribution < -0.4 is 10.6 Å². The lowest BCUT2D eigenvalue weighted by Gasteiger charge is -2.30. The fraction of sp³-hybridized carbons (Fsp3) is 0.769. The Kier molecular flexibility index (Phi) is 5.70. The maximum absolute atomic E-state index is 11.9. The van der Waals surface area contributed by atoms with E-state index in [9.17, 15) is 4.79 Å². The summed E-state index contributed by atoms with van der Waals surface area (Å²) in [4.78, 5) is 16.0. The molecule has 0 spiro atoms. The van der Waals surface area contributed by atoms with Crippen LogP contribution >= 0.6 is 11.8 Å². The highest BCUT2D eigenvalue weighted by Crippen LogP contribution is 2.26. The lowest BCUT2D eigenvalue weighted by Crippen LogP contribution is -2.48. The van der Waals surface area contributed by atoms with Crippen LogP contribution in [0.4, 0.5) is 4.79 Å². The van der Waals surface area contributed by atoms with Crippen molar-refractivity contribution in [1.82, 2.24) is 20.8 Å². The summed E-state index contributed by atoms with van der Waals surface area (Å²) in [6.45, 7) is 2.28. The van der Waals surface area contributed by atoms with Crippen LogP contribution in [0, 0.1) is 6.92 Å². The Morgan fingerprint density at radius 2 is 2.25 bits per heavy atom. The van der Waals surface area contributed by atoms with Crippen LogP contribution in [-0.2, 0) is 6.42 Å². The number of thioether (sulfide) groups is 1. The normalized spacial score (nSPS) is 22.5. The first-order chi connectivity index (χ1) is 9.69. The summed E-state index contributed by atoms with van der Waals surface area (Å²) in [5.41, 5.74) is 0. The van der Waals surface area contributed by atoms with E-state index < -0.39 is 0 Å². The van der Waals surface area contributed by atoms with Crippen LogP contribution in [-0.4, -0.2) is 40.3 Å². The number of nitrogens with zero attached hydrogens (tertiary/aromatic N) is 2. The third kappa shape index (κ3) is 4.40. The van der Waals surface area contributed by atoms with Gasteiger partial charge in [-0.05, 0) is 26.0 Å². The first-order valence-electron chi connectivity index (χ1n) is 7.05. The number of aryl methyl sites for hydroxylation is 1. The maximum Gasteiger partial charge on any atom is 0.315 e. The summed E-state index contributed by atoms with van der Waals surface area (Å²) in [5, 5.41) is 10.2. The Balaban J connectivity index is 1.69. The van der Waals surface area contributed by atoms with Gasteiger partial charge in [-0.25, -0.2) is 4.79 Å². The minimum atomic E-state index is -0.104. The predicted molar refractivity (Wildman–Crippen MR) is 78.8 cm³/mol. The monoisotopic (exact) mass is 298 g/mol. The summed E-state index contributed by atoms with van der Waals surface area (Å²) >= 11 is 1.84. The number of rotatable bonds is 5. The van der Waals surface area contributed by atoms with E-state index in [1.54, 1.807) is 6.92 Å². The van der Waals surface area contributed by atoms with E-state index >= 15 is 0 Å². The number of carbonyl (C=O) groups is 1. The van der Waals surface area contributed by atoms with Gasteiger partial charge in [-0.1, -0.05) is 18.0 Å². The summed E-state index contributed by atoms with van der Waals surface area (Å²) in [5.74, 6) is 1.18. The van der Waals surface area contributed by atoms with Crippen LogP contribution in [0.2, 0.25) is 0 Å². The van der Waals surface area contributed by atoms with E-state index in [1.807, 2.05) is 11.8 Å². The maximum atomic E-state index is 11.9. The summed E-state index contributed by atoms with van der Waals surface area (Å²) in [6.07, 6.45) is 7.39. The lowest BCUT2D eigenvalue weighted by atomic mass is 9.95. The molecule has 1 saturated carbocycles. The number of nitrogens with one attached hydrogen (secondary N) is 2. The molecule has 20 heavy (non-hydrogen) atoms. The molecule has 1 fully saturated rings. The van der Waals surface area contributed by atoms with Gasteiger partial charge >= 0.3 is 6.03 Å². The van der Waals surface area contributed by atoms with E-state index in [0.29, 0.717) is 29.9 Å². The molecule has 1 aromatic heterocycles. The fourth-order valence-corrected chi connectivity index (χ4v) is 3.42. The van der Waals surface area contributed by atoms with Crippen molar-refractivity contribution in [2.24, 2.45) is 0 Å². The number of aromatic nitrogens is 2. The number of amides is 2. The Morgan fingerprint density at radius 3 is 2.95 bits per heavy atom. The van der Waals surface area contributed by atoms with E-state index in [2.05, 4.69) is 27.0 Å². The smallest absolute Gasteiger partial charge is 0.315 e. The van der Waals surface area contributed by atoms with Crippen molar-refractivity contribution in [3.8, 4) is 0 Å². The number of urea groups is 1. The van der Waals surface area contributed by atoms with Gasteiger partial charge in [-0.2, -0.15) is 16.7 Å². The topological polar surface area (TPSA) is 80.0 Å². The minimum absolute atomic E-state index is 0.104. The highest BCUT2D eigenvalue weighted by atomic mass is 32.2. The molecule has 0 radical (unpaired) electrons. The Hall–Kier alpha value is -1.24. The molecule has 2 N–H and O–H groups in total. The van der Waals surface area contributed by atoms with Gasteiger partial charge < -0.3 is 15.2 Å². The zero-order valence-corrected chi connectivity index (χ0v) is 12.8. The first kappa shape index (κ1) is 15.2. The molecular weight excluding hydrogens is 276 g/mol. The van der Waals surface area contributed by atoms with Crippen LogP contribution in [0.3, 0.4) is 0 Å². The van der Waals surface area contributed by atoms with Gasteiger partial charge in [-0.15, -0.1) is 0 Å². The number of hydrogen-bond donors (Lipinski definition) is 2. The molecule has 0 saturated heterocycles. The second-order valence-corrected chi connectivity index (χ2v) is 6.13. The highest BCUT2D eigenvalue weighted by molar-refractivity contribution is 7.99. The molecular formula is C13H22N4O2S. The largest absolute Gasteiger partial charge is 0.339 e. The Morgan fingerprint density at radius 1 is 1.45 bits per heavy atom. The zero-order valence-electron chi connectivity index (χ0n) is 12.0. The van der Waals surface area contributed by atoms with Crippen molar-refractivity contribution >= 4 is 17.8 Å². The molecule has 6 nitrogen and oxygen atoms in total. The second-order valence-electron chi connectivity index (χ2n) is 5.05. The SMILES string of the molecule is CS[C@@H]1CCCC[C@H]1NC(=O)NCCc1nc(C)no1. The van der Waals surface area contributed by atoms with Gasteiger partial charge in [0.2, 0.25) is 5.89 Å². The standard InChI is InChI=1S/C13H22N4O2S/c1-9-15-12(19-17-9)7-8-14-13(18)16-10-5-3-4-6-11(10)20-2/h10-11H,3-8H2,1-2H3,(H2,14,16,18)/t10-,11-/m1/s1. The minimum Gasteiger partial charge on any atom is -0.339 e. The Bertz CT molecular complexity index is 438. The number of carbonyl (C=O) groups excluding carboxylic acids is 1. The van der Waals surface area contributed by atoms with Crippen LogP contribution in [0.1, 0.15) is 37.4 Å². The molecule has 0 aromatic carbocycles. The summed E-state index contributed by atoms with van der Waals surface area (Å²) in [7, 11) is 0. The molecule has 0 aliphatic heterocycles. The van der Waals surface area contributed by atoms with E-state index in [0.717, 1.165) is 6.42 Å². The molecule has 1 aliphatic carbocycles. The van der Waals surface area contributed by atoms with Crippen molar-refractivity contribution in [3.05, 3.63) is 11.7 Å². The average molecular weight is 298 g/mol. The zero-order chi connectivity index (χ0) is 14.4. The van der Waals surface area contributed by atoms with Crippen LogP contribution in [0.5, 0.6) is 0 Å². The van der Waals surface area contributed by atoms with Gasteiger partial charge in [0, 0.05) is 24.3 Å². The van der Waals surface area contributed by atoms with Crippen molar-refractivity contribution in [3.63, 3.8) is 0 Å². The molecule has 2 amide bonds. The van der Waals surface area contributed by atoms with Gasteiger partial charge in [0.1, 0.15) is 0 Å². The first-order valence-corrected chi connectivity index (χ1v) is 8.34. The quantitative estimate of drug-likeness (QED) is 0.868. The van der Waals surface area contributed by atoms with Crippen LogP contribution in [0.15, 0.2) is 4.52 Å². The van der Waals surface area contributed by atoms with Crippen molar-refractivity contribution < 1.29 is 9.32 Å².